The normalized spacial score (nSPS) is 13.7. The first-order chi connectivity index (χ1) is 15.1. The number of aromatic nitrogens is 4. The van der Waals surface area contributed by atoms with Gasteiger partial charge < -0.3 is 10.2 Å². The number of aromatic amines is 1. The number of carbonyl (C=O) groups excluding carboxylic acids is 1. The van der Waals surface area contributed by atoms with Crippen LogP contribution in [-0.4, -0.2) is 32.4 Å². The molecule has 0 spiro atoms. The molecule has 1 aliphatic rings. The van der Waals surface area contributed by atoms with E-state index in [-0.39, 0.29) is 35.4 Å². The van der Waals surface area contributed by atoms with Gasteiger partial charge in [0.15, 0.2) is 5.82 Å². The molecule has 4 rings (SSSR count). The Morgan fingerprint density at radius 1 is 1.31 bits per heavy atom. The fraction of sp³-hybridized carbons (Fsp3) is 0.300. The van der Waals surface area contributed by atoms with E-state index in [1.165, 1.54) is 29.9 Å². The van der Waals surface area contributed by atoms with Crippen molar-refractivity contribution in [2.45, 2.75) is 32.6 Å². The molecule has 0 radical (unpaired) electrons. The van der Waals surface area contributed by atoms with Gasteiger partial charge in [-0.25, -0.2) is 5.10 Å². The van der Waals surface area contributed by atoms with Gasteiger partial charge in [0, 0.05) is 37.7 Å². The number of anilines is 2. The van der Waals surface area contributed by atoms with E-state index in [0.29, 0.717) is 29.9 Å². The lowest BCUT2D eigenvalue weighted by Crippen LogP contribution is -2.33. The van der Waals surface area contributed by atoms with Gasteiger partial charge in [-0.3, -0.25) is 14.3 Å². The minimum Gasteiger partial charge on any atom is -0.364 e. The second-order valence-corrected chi connectivity index (χ2v) is 7.72. The molecule has 0 bridgehead atoms. The lowest BCUT2D eigenvalue weighted by Gasteiger charge is -2.29. The molecule has 32 heavy (non-hydrogen) atoms. The number of alkyl halides is 3. The monoisotopic (exact) mass is 466 g/mol. The molecular weight excluding hydrogens is 449 g/mol. The van der Waals surface area contributed by atoms with E-state index in [1.807, 2.05) is 4.90 Å². The van der Waals surface area contributed by atoms with Gasteiger partial charge >= 0.3 is 6.18 Å². The Balaban J connectivity index is 1.73. The first-order valence-corrected chi connectivity index (χ1v) is 10.0. The zero-order valence-corrected chi connectivity index (χ0v) is 17.6. The van der Waals surface area contributed by atoms with Gasteiger partial charge in [0.25, 0.3) is 5.56 Å². The number of rotatable bonds is 4. The van der Waals surface area contributed by atoms with Gasteiger partial charge in [0.05, 0.1) is 24.0 Å². The molecular formula is C20H18ClF3N6O2. The Bertz CT molecular complexity index is 1240. The number of nitrogens with one attached hydrogen (secondary N) is 2. The van der Waals surface area contributed by atoms with Crippen LogP contribution in [-0.2, 0) is 30.5 Å². The molecule has 1 aliphatic heterocycles. The average Bonchev–Trinajstić information content (AvgIpc) is 3.05. The minimum atomic E-state index is -4.49. The van der Waals surface area contributed by atoms with E-state index in [2.05, 4.69) is 20.6 Å². The Morgan fingerprint density at radius 2 is 2.06 bits per heavy atom. The molecule has 1 amide bonds. The Kier molecular flexibility index (Phi) is 5.68. The summed E-state index contributed by atoms with van der Waals surface area (Å²) in [4.78, 5) is 25.3. The summed E-state index contributed by atoms with van der Waals surface area (Å²) in [5.41, 5.74) is 0.581. The third-order valence-electron chi connectivity index (χ3n) is 5.19. The summed E-state index contributed by atoms with van der Waals surface area (Å²) in [5.74, 6) is -0.100. The summed E-state index contributed by atoms with van der Waals surface area (Å²) in [6.07, 6.45) is -2.65. The lowest BCUT2D eigenvalue weighted by atomic mass is 10.0. The van der Waals surface area contributed by atoms with E-state index in [1.54, 1.807) is 6.07 Å². The highest BCUT2D eigenvalue weighted by molar-refractivity contribution is 6.33. The van der Waals surface area contributed by atoms with Crippen LogP contribution < -0.4 is 15.8 Å². The number of halogens is 4. The van der Waals surface area contributed by atoms with Crippen molar-refractivity contribution in [1.82, 2.24) is 20.0 Å². The third-order valence-corrected chi connectivity index (χ3v) is 5.55. The van der Waals surface area contributed by atoms with Crippen LogP contribution in [0.25, 0.3) is 0 Å². The molecule has 3 heterocycles. The first kappa shape index (κ1) is 21.9. The maximum absolute atomic E-state index is 13.4. The number of hydrogen-bond acceptors (Lipinski definition) is 5. The molecule has 1 aromatic carbocycles. The highest BCUT2D eigenvalue weighted by atomic mass is 35.5. The number of fused-ring (bicyclic) bond motifs is 1. The Labute approximate surface area is 185 Å². The quantitative estimate of drug-likeness (QED) is 0.615. The van der Waals surface area contributed by atoms with Gasteiger partial charge in [0.2, 0.25) is 5.91 Å². The van der Waals surface area contributed by atoms with Crippen molar-refractivity contribution in [3.63, 3.8) is 0 Å². The summed E-state index contributed by atoms with van der Waals surface area (Å²) in [7, 11) is 0. The van der Waals surface area contributed by atoms with Gasteiger partial charge in [0.1, 0.15) is 5.02 Å². The van der Waals surface area contributed by atoms with Gasteiger partial charge in [-0.2, -0.15) is 23.4 Å². The number of nitrogens with zero attached hydrogens (tertiary/aromatic N) is 4. The van der Waals surface area contributed by atoms with Crippen molar-refractivity contribution in [2.75, 3.05) is 16.8 Å². The largest absolute Gasteiger partial charge is 0.416 e. The van der Waals surface area contributed by atoms with Crippen molar-refractivity contribution in [3.8, 4) is 0 Å². The lowest BCUT2D eigenvalue weighted by molar-refractivity contribution is -0.138. The van der Waals surface area contributed by atoms with Crippen molar-refractivity contribution in [2.24, 2.45) is 0 Å². The van der Waals surface area contributed by atoms with Gasteiger partial charge in [-0.15, -0.1) is 0 Å². The molecule has 0 saturated heterocycles. The third kappa shape index (κ3) is 4.20. The number of amides is 1. The molecule has 12 heteroatoms. The molecule has 0 unspecified atom stereocenters. The maximum Gasteiger partial charge on any atom is 0.416 e. The Morgan fingerprint density at radius 3 is 2.78 bits per heavy atom. The van der Waals surface area contributed by atoms with Crippen LogP contribution in [0.1, 0.15) is 29.3 Å². The number of hydrogen-bond donors (Lipinski definition) is 2. The summed E-state index contributed by atoms with van der Waals surface area (Å²) in [6, 6.07) is 5.32. The second kappa shape index (κ2) is 8.30. The van der Waals surface area contributed by atoms with Crippen molar-refractivity contribution >= 4 is 29.0 Å². The predicted octanol–water partition coefficient (Wildman–Crippen LogP) is 3.21. The zero-order chi connectivity index (χ0) is 23.0. The van der Waals surface area contributed by atoms with E-state index in [4.69, 9.17) is 11.6 Å². The molecule has 0 aliphatic carbocycles. The summed E-state index contributed by atoms with van der Waals surface area (Å²) < 4.78 is 41.8. The standard InChI is InChI=1S/C20H18ClF3N6O2/c1-11(31)26-18-13-10-29(16-8-25-27-19(32)17(16)21)7-6-15(13)30(28-18)9-12-4-2-3-5-14(12)20(22,23)24/h2-5,8H,6-7,9-10H2,1H3,(H,27,32)(H,26,28,31). The van der Waals surface area contributed by atoms with Crippen LogP contribution >= 0.6 is 11.6 Å². The van der Waals surface area contributed by atoms with E-state index in [0.717, 1.165) is 6.07 Å². The number of carbonyl (C=O) groups is 1. The van der Waals surface area contributed by atoms with E-state index >= 15 is 0 Å². The SMILES string of the molecule is CC(=O)Nc1nn(Cc2ccccc2C(F)(F)F)c2c1CN(c1cn[nH]c(=O)c1Cl)CC2. The average molecular weight is 467 g/mol. The Hall–Kier alpha value is -3.34. The summed E-state index contributed by atoms with van der Waals surface area (Å²) in [5, 5.41) is 13.1. The fourth-order valence-corrected chi connectivity index (χ4v) is 4.00. The van der Waals surface area contributed by atoms with Gasteiger partial charge in [-0.05, 0) is 11.6 Å². The van der Waals surface area contributed by atoms with Crippen molar-refractivity contribution in [3.05, 3.63) is 68.2 Å². The van der Waals surface area contributed by atoms with Gasteiger partial charge in [-0.1, -0.05) is 29.8 Å². The molecule has 2 N–H and O–H groups in total. The topological polar surface area (TPSA) is 95.9 Å². The fourth-order valence-electron chi connectivity index (χ4n) is 3.79. The molecule has 3 aromatic rings. The number of H-pyrrole nitrogens is 1. The first-order valence-electron chi connectivity index (χ1n) is 9.64. The summed E-state index contributed by atoms with van der Waals surface area (Å²) in [6.45, 7) is 1.90. The molecule has 0 saturated carbocycles. The second-order valence-electron chi connectivity index (χ2n) is 7.34. The summed E-state index contributed by atoms with van der Waals surface area (Å²) >= 11 is 6.13. The van der Waals surface area contributed by atoms with Crippen molar-refractivity contribution in [1.29, 1.82) is 0 Å². The molecule has 0 atom stereocenters. The van der Waals surface area contributed by atoms with Crippen LogP contribution in [0.5, 0.6) is 0 Å². The molecule has 168 valence electrons. The van der Waals surface area contributed by atoms with Crippen LogP contribution in [0.2, 0.25) is 5.02 Å². The van der Waals surface area contributed by atoms with Crippen LogP contribution in [0.4, 0.5) is 24.7 Å². The van der Waals surface area contributed by atoms with Crippen LogP contribution in [0, 0.1) is 0 Å². The molecule has 8 nitrogen and oxygen atoms in total. The number of benzene rings is 1. The predicted molar refractivity (Wildman–Crippen MR) is 112 cm³/mol. The molecule has 2 aromatic heterocycles. The zero-order valence-electron chi connectivity index (χ0n) is 16.8. The van der Waals surface area contributed by atoms with Crippen LogP contribution in [0.15, 0.2) is 35.3 Å². The highest BCUT2D eigenvalue weighted by Gasteiger charge is 2.34. The molecule has 0 fully saturated rings. The van der Waals surface area contributed by atoms with Crippen LogP contribution in [0.3, 0.4) is 0 Å². The van der Waals surface area contributed by atoms with E-state index < -0.39 is 17.3 Å². The highest BCUT2D eigenvalue weighted by Crippen LogP contribution is 2.34. The van der Waals surface area contributed by atoms with Crippen molar-refractivity contribution < 1.29 is 18.0 Å². The minimum absolute atomic E-state index is 0.0176. The van der Waals surface area contributed by atoms with E-state index in [9.17, 15) is 22.8 Å². The maximum atomic E-state index is 13.4. The smallest absolute Gasteiger partial charge is 0.364 e.